The number of benzene rings is 1. The predicted molar refractivity (Wildman–Crippen MR) is 102 cm³/mol. The summed E-state index contributed by atoms with van der Waals surface area (Å²) in [6.07, 6.45) is 3.70. The van der Waals surface area contributed by atoms with E-state index in [1.807, 2.05) is 36.4 Å². The molecule has 4 rings (SSSR count). The van der Waals surface area contributed by atoms with E-state index in [0.29, 0.717) is 26.2 Å². The Morgan fingerprint density at radius 3 is 2.75 bits per heavy atom. The molecule has 1 aromatic carbocycles. The highest BCUT2D eigenvalue weighted by atomic mass is 16.5. The maximum Gasteiger partial charge on any atom is 0.228 e. The third-order valence-electron chi connectivity index (χ3n) is 5.16. The number of methoxy groups -OCH3 is 1. The van der Waals surface area contributed by atoms with Gasteiger partial charge in [-0.25, -0.2) is 0 Å². The Kier molecular flexibility index (Phi) is 5.14. The van der Waals surface area contributed by atoms with Crippen molar-refractivity contribution < 1.29 is 19.1 Å². The molecular weight excluding hydrogens is 358 g/mol. The SMILES string of the molecule is COc1cccc(OC2CN(C(=O)[C@H]3CC(=O)N(Cc4cccnc4)C3)C2)c1. The van der Waals surface area contributed by atoms with Crippen molar-refractivity contribution in [2.45, 2.75) is 19.1 Å². The molecule has 0 radical (unpaired) electrons. The molecule has 3 heterocycles. The van der Waals surface area contributed by atoms with Crippen LogP contribution >= 0.6 is 0 Å². The second-order valence-electron chi connectivity index (χ2n) is 7.20. The predicted octanol–water partition coefficient (Wildman–Crippen LogP) is 1.73. The fraction of sp³-hybridized carbons (Fsp3) is 0.381. The summed E-state index contributed by atoms with van der Waals surface area (Å²) in [5, 5.41) is 0. The van der Waals surface area contributed by atoms with Crippen molar-refractivity contribution in [3.8, 4) is 11.5 Å². The van der Waals surface area contributed by atoms with Gasteiger partial charge in [0.1, 0.15) is 17.6 Å². The smallest absolute Gasteiger partial charge is 0.228 e. The van der Waals surface area contributed by atoms with E-state index in [4.69, 9.17) is 9.47 Å². The summed E-state index contributed by atoms with van der Waals surface area (Å²) in [4.78, 5) is 32.6. The Hall–Kier alpha value is -3.09. The largest absolute Gasteiger partial charge is 0.497 e. The highest BCUT2D eigenvalue weighted by Crippen LogP contribution is 2.26. The molecular formula is C21H23N3O4. The van der Waals surface area contributed by atoms with Gasteiger partial charge in [-0.1, -0.05) is 12.1 Å². The van der Waals surface area contributed by atoms with Crippen molar-refractivity contribution >= 4 is 11.8 Å². The lowest BCUT2D eigenvalue weighted by Crippen LogP contribution is -2.57. The van der Waals surface area contributed by atoms with Gasteiger partial charge in [-0.05, 0) is 23.8 Å². The van der Waals surface area contributed by atoms with Gasteiger partial charge in [0, 0.05) is 38.0 Å². The van der Waals surface area contributed by atoms with Gasteiger partial charge < -0.3 is 19.3 Å². The summed E-state index contributed by atoms with van der Waals surface area (Å²) in [7, 11) is 1.61. The molecule has 1 atom stereocenters. The number of likely N-dealkylation sites (tertiary alicyclic amines) is 2. The molecule has 2 amide bonds. The second kappa shape index (κ2) is 7.88. The number of carbonyl (C=O) groups excluding carboxylic acids is 2. The monoisotopic (exact) mass is 381 g/mol. The quantitative estimate of drug-likeness (QED) is 0.762. The zero-order valence-electron chi connectivity index (χ0n) is 15.8. The van der Waals surface area contributed by atoms with E-state index in [2.05, 4.69) is 4.98 Å². The number of hydrogen-bond donors (Lipinski definition) is 0. The fourth-order valence-electron chi connectivity index (χ4n) is 3.62. The van der Waals surface area contributed by atoms with E-state index < -0.39 is 0 Å². The van der Waals surface area contributed by atoms with Gasteiger partial charge in [0.25, 0.3) is 0 Å². The van der Waals surface area contributed by atoms with Gasteiger partial charge in [-0.3, -0.25) is 14.6 Å². The molecule has 1 aromatic heterocycles. The minimum Gasteiger partial charge on any atom is -0.497 e. The number of nitrogens with zero attached hydrogens (tertiary/aromatic N) is 3. The van der Waals surface area contributed by atoms with Crippen LogP contribution in [0.1, 0.15) is 12.0 Å². The lowest BCUT2D eigenvalue weighted by molar-refractivity contribution is -0.144. The van der Waals surface area contributed by atoms with Crippen molar-refractivity contribution in [2.75, 3.05) is 26.7 Å². The van der Waals surface area contributed by atoms with Crippen LogP contribution in [-0.4, -0.2) is 59.4 Å². The average molecular weight is 381 g/mol. The van der Waals surface area contributed by atoms with Crippen LogP contribution in [0.2, 0.25) is 0 Å². The van der Waals surface area contributed by atoms with Crippen LogP contribution in [0.3, 0.4) is 0 Å². The van der Waals surface area contributed by atoms with Crippen LogP contribution in [0.5, 0.6) is 11.5 Å². The molecule has 0 bridgehead atoms. The maximum atomic E-state index is 12.7. The third kappa shape index (κ3) is 3.93. The first kappa shape index (κ1) is 18.3. The van der Waals surface area contributed by atoms with Gasteiger partial charge >= 0.3 is 0 Å². The molecule has 0 N–H and O–H groups in total. The Balaban J connectivity index is 1.27. The average Bonchev–Trinajstić information content (AvgIpc) is 3.05. The normalized spacial score (nSPS) is 19.5. The van der Waals surface area contributed by atoms with Gasteiger partial charge in [0.15, 0.2) is 0 Å². The minimum atomic E-state index is -0.276. The zero-order chi connectivity index (χ0) is 19.5. The number of hydrogen-bond acceptors (Lipinski definition) is 5. The van der Waals surface area contributed by atoms with Gasteiger partial charge in [0.2, 0.25) is 11.8 Å². The Morgan fingerprint density at radius 2 is 2.00 bits per heavy atom. The topological polar surface area (TPSA) is 72.0 Å². The minimum absolute atomic E-state index is 0.0203. The zero-order valence-corrected chi connectivity index (χ0v) is 15.8. The molecule has 2 fully saturated rings. The summed E-state index contributed by atoms with van der Waals surface area (Å²) in [6.45, 7) is 2.05. The van der Waals surface area contributed by atoms with Crippen LogP contribution in [0.15, 0.2) is 48.8 Å². The van der Waals surface area contributed by atoms with E-state index in [1.54, 1.807) is 29.3 Å². The molecule has 0 spiro atoms. The molecule has 0 aliphatic carbocycles. The summed E-state index contributed by atoms with van der Waals surface area (Å²) >= 11 is 0. The van der Waals surface area contributed by atoms with Crippen molar-refractivity contribution in [3.05, 3.63) is 54.4 Å². The fourth-order valence-corrected chi connectivity index (χ4v) is 3.62. The highest BCUT2D eigenvalue weighted by molar-refractivity contribution is 5.89. The summed E-state index contributed by atoms with van der Waals surface area (Å²) in [5.74, 6) is 1.25. The first-order valence-electron chi connectivity index (χ1n) is 9.38. The van der Waals surface area contributed by atoms with Crippen molar-refractivity contribution in [2.24, 2.45) is 5.92 Å². The van der Waals surface area contributed by atoms with Crippen LogP contribution in [0.4, 0.5) is 0 Å². The van der Waals surface area contributed by atoms with Crippen molar-refractivity contribution in [1.29, 1.82) is 0 Å². The number of carbonyl (C=O) groups is 2. The van der Waals surface area contributed by atoms with Crippen LogP contribution in [0.25, 0.3) is 0 Å². The Morgan fingerprint density at radius 1 is 1.18 bits per heavy atom. The molecule has 0 unspecified atom stereocenters. The molecule has 2 aromatic rings. The summed E-state index contributed by atoms with van der Waals surface area (Å²) in [6, 6.07) is 11.2. The van der Waals surface area contributed by atoms with Crippen LogP contribution in [-0.2, 0) is 16.1 Å². The third-order valence-corrected chi connectivity index (χ3v) is 5.16. The van der Waals surface area contributed by atoms with Crippen molar-refractivity contribution in [1.82, 2.24) is 14.8 Å². The van der Waals surface area contributed by atoms with Gasteiger partial charge in [-0.15, -0.1) is 0 Å². The second-order valence-corrected chi connectivity index (χ2v) is 7.20. The number of ether oxygens (including phenoxy) is 2. The standard InChI is InChI=1S/C21H23N3O4/c1-27-17-5-2-6-18(9-17)28-19-13-24(14-19)21(26)16-8-20(25)23(12-16)11-15-4-3-7-22-10-15/h2-7,9-10,16,19H,8,11-14H2,1H3/t16-/m0/s1. The first-order valence-corrected chi connectivity index (χ1v) is 9.38. The lowest BCUT2D eigenvalue weighted by Gasteiger charge is -2.40. The highest BCUT2D eigenvalue weighted by Gasteiger charge is 2.41. The van der Waals surface area contributed by atoms with E-state index >= 15 is 0 Å². The molecule has 2 aliphatic rings. The molecule has 28 heavy (non-hydrogen) atoms. The van der Waals surface area contributed by atoms with E-state index in [-0.39, 0.29) is 30.3 Å². The molecule has 2 aliphatic heterocycles. The Labute approximate surface area is 163 Å². The first-order chi connectivity index (χ1) is 13.6. The van der Waals surface area contributed by atoms with E-state index in [0.717, 1.165) is 17.1 Å². The van der Waals surface area contributed by atoms with Gasteiger partial charge in [-0.2, -0.15) is 0 Å². The Bertz CT molecular complexity index is 852. The number of rotatable bonds is 6. The summed E-state index contributed by atoms with van der Waals surface area (Å²) < 4.78 is 11.1. The maximum absolute atomic E-state index is 12.7. The lowest BCUT2D eigenvalue weighted by atomic mass is 10.0. The number of amides is 2. The van der Waals surface area contributed by atoms with E-state index in [1.165, 1.54) is 0 Å². The summed E-state index contributed by atoms with van der Waals surface area (Å²) in [5.41, 5.74) is 0.972. The molecule has 0 saturated carbocycles. The number of aromatic nitrogens is 1. The number of pyridine rings is 1. The molecule has 7 nitrogen and oxygen atoms in total. The van der Waals surface area contributed by atoms with Crippen LogP contribution < -0.4 is 9.47 Å². The van der Waals surface area contributed by atoms with Crippen LogP contribution in [0, 0.1) is 5.92 Å². The molecule has 2 saturated heterocycles. The molecule has 7 heteroatoms. The van der Waals surface area contributed by atoms with Crippen molar-refractivity contribution in [3.63, 3.8) is 0 Å². The van der Waals surface area contributed by atoms with Gasteiger partial charge in [0.05, 0.1) is 26.1 Å². The van der Waals surface area contributed by atoms with E-state index in [9.17, 15) is 9.59 Å². The molecule has 146 valence electrons.